The number of carbonyl (C=O) groups is 2. The molecule has 36 heavy (non-hydrogen) atoms. The summed E-state index contributed by atoms with van der Waals surface area (Å²) in [7, 11) is 1.47. The molecule has 2 N–H and O–H groups in total. The van der Waals surface area contributed by atoms with Gasteiger partial charge in [0, 0.05) is 23.7 Å². The van der Waals surface area contributed by atoms with Gasteiger partial charge in [-0.1, -0.05) is 48.5 Å². The molecule has 5 nitrogen and oxygen atoms in total. The maximum atomic E-state index is 14.4. The Labute approximate surface area is 218 Å². The van der Waals surface area contributed by atoms with Crippen LogP contribution < -0.4 is 0 Å². The highest BCUT2D eigenvalue weighted by atomic mass is 16.5. The van der Waals surface area contributed by atoms with E-state index in [0.717, 1.165) is 57.8 Å². The average molecular weight is 503 g/mol. The van der Waals surface area contributed by atoms with Crippen molar-refractivity contribution in [3.8, 4) is 0 Å². The van der Waals surface area contributed by atoms with Crippen molar-refractivity contribution >= 4 is 11.8 Å². The second-order valence-corrected chi connectivity index (χ2v) is 15.8. The van der Waals surface area contributed by atoms with E-state index in [1.807, 2.05) is 0 Å². The Kier molecular flexibility index (Phi) is 5.62. The molecule has 4 unspecified atom stereocenters. The number of aliphatic hydroxyl groups is 2. The molecule has 0 heterocycles. The van der Waals surface area contributed by atoms with Crippen LogP contribution in [0, 0.1) is 50.2 Å². The Bertz CT molecular complexity index is 970. The SMILES string of the molecule is COC(=O)[C@]12CCC(C)(C)CC1C1(O)CC(=O)C3[C@@]4(C)CC[C@H](O)C(C)(C)C4CC[C@@]3(C)[C@]1(C)CC2. The first-order chi connectivity index (χ1) is 16.5. The lowest BCUT2D eigenvalue weighted by Gasteiger charge is -2.74. The fourth-order valence-corrected chi connectivity index (χ4v) is 11.4. The number of hydrogen-bond donors (Lipinski definition) is 2. The van der Waals surface area contributed by atoms with Crippen molar-refractivity contribution in [2.24, 2.45) is 50.2 Å². The Morgan fingerprint density at radius 3 is 2.17 bits per heavy atom. The normalized spacial score (nSPS) is 53.3. The molecule has 0 aromatic carbocycles. The molecule has 5 fully saturated rings. The molecule has 5 heteroatoms. The largest absolute Gasteiger partial charge is 0.469 e. The highest BCUT2D eigenvalue weighted by molar-refractivity contribution is 5.86. The van der Waals surface area contributed by atoms with Gasteiger partial charge in [0.05, 0.1) is 24.2 Å². The third kappa shape index (κ3) is 2.96. The Balaban J connectivity index is 1.64. The van der Waals surface area contributed by atoms with Crippen molar-refractivity contribution in [2.45, 2.75) is 124 Å². The average Bonchev–Trinajstić information content (AvgIpc) is 2.78. The zero-order chi connectivity index (χ0) is 26.7. The summed E-state index contributed by atoms with van der Waals surface area (Å²) in [6, 6.07) is 0. The monoisotopic (exact) mass is 502 g/mol. The number of rotatable bonds is 1. The summed E-state index contributed by atoms with van der Waals surface area (Å²) in [5, 5.41) is 23.8. The van der Waals surface area contributed by atoms with Crippen LogP contribution in [-0.4, -0.2) is 40.8 Å². The Hall–Kier alpha value is -0.940. The lowest BCUT2D eigenvalue weighted by atomic mass is 9.30. The number of methoxy groups -OCH3 is 1. The van der Waals surface area contributed by atoms with E-state index in [-0.39, 0.29) is 63.7 Å². The second kappa shape index (κ2) is 7.58. The summed E-state index contributed by atoms with van der Waals surface area (Å²) in [4.78, 5) is 27.8. The topological polar surface area (TPSA) is 83.8 Å². The number of aliphatic hydroxyl groups excluding tert-OH is 1. The van der Waals surface area contributed by atoms with E-state index in [1.54, 1.807) is 0 Å². The molecule has 0 aromatic rings. The summed E-state index contributed by atoms with van der Waals surface area (Å²) < 4.78 is 5.40. The molecule has 9 atom stereocenters. The van der Waals surface area contributed by atoms with E-state index in [2.05, 4.69) is 48.5 Å². The first-order valence-electron chi connectivity index (χ1n) is 14.5. The van der Waals surface area contributed by atoms with Gasteiger partial charge in [-0.15, -0.1) is 0 Å². The van der Waals surface area contributed by atoms with Crippen LogP contribution in [0.4, 0.5) is 0 Å². The van der Waals surface area contributed by atoms with Gasteiger partial charge in [0.15, 0.2) is 0 Å². The van der Waals surface area contributed by atoms with Gasteiger partial charge in [0.1, 0.15) is 5.78 Å². The van der Waals surface area contributed by atoms with E-state index in [4.69, 9.17) is 4.74 Å². The molecule has 0 aromatic heterocycles. The zero-order valence-corrected chi connectivity index (χ0v) is 24.0. The molecular weight excluding hydrogens is 452 g/mol. The number of ether oxygens (including phenoxy) is 1. The van der Waals surface area contributed by atoms with Gasteiger partial charge in [-0.3, -0.25) is 9.59 Å². The third-order valence-corrected chi connectivity index (χ3v) is 13.7. The predicted octanol–water partition coefficient (Wildman–Crippen LogP) is 5.70. The van der Waals surface area contributed by atoms with Gasteiger partial charge in [-0.05, 0) is 85.4 Å². The summed E-state index contributed by atoms with van der Waals surface area (Å²) in [5.74, 6) is -0.158. The first kappa shape index (κ1) is 26.7. The smallest absolute Gasteiger partial charge is 0.312 e. The van der Waals surface area contributed by atoms with E-state index < -0.39 is 16.4 Å². The molecule has 0 spiro atoms. The molecule has 0 amide bonds. The zero-order valence-electron chi connectivity index (χ0n) is 24.0. The number of Topliss-reactive ketones (excluding diaryl/α,β-unsaturated/α-hetero) is 1. The number of hydrogen-bond acceptors (Lipinski definition) is 5. The minimum absolute atomic E-state index is 0.00411. The van der Waals surface area contributed by atoms with Crippen molar-refractivity contribution in [1.29, 1.82) is 0 Å². The van der Waals surface area contributed by atoms with Crippen LogP contribution in [0.5, 0.6) is 0 Å². The lowest BCUT2D eigenvalue weighted by molar-refractivity contribution is -0.299. The second-order valence-electron chi connectivity index (χ2n) is 15.8. The van der Waals surface area contributed by atoms with Crippen molar-refractivity contribution in [3.63, 3.8) is 0 Å². The number of esters is 1. The fourth-order valence-electron chi connectivity index (χ4n) is 11.4. The van der Waals surface area contributed by atoms with E-state index in [0.29, 0.717) is 0 Å². The molecule has 5 aliphatic carbocycles. The van der Waals surface area contributed by atoms with Gasteiger partial charge in [-0.2, -0.15) is 0 Å². The third-order valence-electron chi connectivity index (χ3n) is 13.7. The maximum Gasteiger partial charge on any atom is 0.312 e. The Morgan fingerprint density at radius 1 is 0.889 bits per heavy atom. The van der Waals surface area contributed by atoms with Gasteiger partial charge in [0.2, 0.25) is 0 Å². The van der Waals surface area contributed by atoms with Crippen molar-refractivity contribution in [2.75, 3.05) is 7.11 Å². The molecule has 0 bridgehead atoms. The van der Waals surface area contributed by atoms with Crippen LogP contribution in [0.15, 0.2) is 0 Å². The van der Waals surface area contributed by atoms with E-state index in [9.17, 15) is 19.8 Å². The predicted molar refractivity (Wildman–Crippen MR) is 139 cm³/mol. The molecule has 5 rings (SSSR count). The van der Waals surface area contributed by atoms with E-state index in [1.165, 1.54) is 7.11 Å². The molecule has 204 valence electrons. The lowest BCUT2D eigenvalue weighted by Crippen LogP contribution is -2.76. The van der Waals surface area contributed by atoms with Crippen LogP contribution in [-0.2, 0) is 14.3 Å². The molecule has 0 aliphatic heterocycles. The molecule has 0 saturated heterocycles. The fraction of sp³-hybridized carbons (Fsp3) is 0.935. The van der Waals surface area contributed by atoms with E-state index >= 15 is 0 Å². The highest BCUT2D eigenvalue weighted by Gasteiger charge is 2.78. The first-order valence-corrected chi connectivity index (χ1v) is 14.5. The van der Waals surface area contributed by atoms with Crippen molar-refractivity contribution in [3.05, 3.63) is 0 Å². The van der Waals surface area contributed by atoms with Crippen molar-refractivity contribution in [1.82, 2.24) is 0 Å². The number of ketones is 1. The number of fused-ring (bicyclic) bond motifs is 7. The minimum Gasteiger partial charge on any atom is -0.469 e. The summed E-state index contributed by atoms with van der Waals surface area (Å²) in [5.41, 5.74) is -3.19. The molecular formula is C31H50O5. The van der Waals surface area contributed by atoms with Gasteiger partial charge < -0.3 is 14.9 Å². The van der Waals surface area contributed by atoms with Crippen LogP contribution in [0.1, 0.15) is 113 Å². The standard InChI is InChI=1S/C31H50O5/c1-25(2)13-15-30(24(34)36-8)16-14-29(7)28(6)12-9-20-26(3,4)22(33)10-11-27(20,5)23(28)19(32)17-31(29,35)21(30)18-25/h20-23,33,35H,9-18H2,1-8H3/t20?,21?,22-,23?,27-,28+,29-,30-,31?/m0/s1. The Morgan fingerprint density at radius 2 is 1.53 bits per heavy atom. The van der Waals surface area contributed by atoms with Crippen LogP contribution in [0.25, 0.3) is 0 Å². The quantitative estimate of drug-likeness (QED) is 0.450. The maximum absolute atomic E-state index is 14.4. The minimum atomic E-state index is -1.23. The summed E-state index contributed by atoms with van der Waals surface area (Å²) in [6.45, 7) is 15.7. The highest BCUT2D eigenvalue weighted by Crippen LogP contribution is 2.77. The number of carbonyl (C=O) groups excluding carboxylic acids is 2. The molecule has 5 saturated carbocycles. The van der Waals surface area contributed by atoms with Gasteiger partial charge in [0.25, 0.3) is 0 Å². The summed E-state index contributed by atoms with van der Waals surface area (Å²) in [6.07, 6.45) is 7.05. The van der Waals surface area contributed by atoms with Gasteiger partial charge in [-0.25, -0.2) is 0 Å². The molecule has 5 aliphatic rings. The van der Waals surface area contributed by atoms with Crippen LogP contribution in [0.2, 0.25) is 0 Å². The summed E-state index contributed by atoms with van der Waals surface area (Å²) >= 11 is 0. The van der Waals surface area contributed by atoms with Crippen molar-refractivity contribution < 1.29 is 24.5 Å². The van der Waals surface area contributed by atoms with Gasteiger partial charge >= 0.3 is 5.97 Å². The van der Waals surface area contributed by atoms with Crippen LogP contribution in [0.3, 0.4) is 0 Å². The van der Waals surface area contributed by atoms with Crippen LogP contribution >= 0.6 is 0 Å². The molecule has 0 radical (unpaired) electrons.